The summed E-state index contributed by atoms with van der Waals surface area (Å²) in [5, 5.41) is 9.13. The number of aryl methyl sites for hydroxylation is 1. The molecule has 154 valence electrons. The van der Waals surface area contributed by atoms with Crippen molar-refractivity contribution < 1.29 is 4.79 Å². The third kappa shape index (κ3) is 4.06. The lowest BCUT2D eigenvalue weighted by atomic mass is 10.0. The maximum atomic E-state index is 12.7. The zero-order valence-electron chi connectivity index (χ0n) is 16.4. The third-order valence-corrected chi connectivity index (χ3v) is 6.12. The van der Waals surface area contributed by atoms with Crippen LogP contribution in [-0.2, 0) is 13.1 Å². The first-order chi connectivity index (χ1) is 14.5. The molecule has 0 saturated carbocycles. The molecule has 0 bridgehead atoms. The molecule has 0 saturated heterocycles. The second-order valence-corrected chi connectivity index (χ2v) is 8.61. The van der Waals surface area contributed by atoms with Gasteiger partial charge in [0.25, 0.3) is 5.91 Å². The van der Waals surface area contributed by atoms with Crippen LogP contribution in [0.2, 0.25) is 10.0 Å². The van der Waals surface area contributed by atoms with E-state index in [2.05, 4.69) is 20.6 Å². The van der Waals surface area contributed by atoms with E-state index in [1.165, 1.54) is 0 Å². The molecule has 0 fully saturated rings. The normalized spacial score (nSPS) is 11.2. The van der Waals surface area contributed by atoms with Crippen molar-refractivity contribution in [1.82, 2.24) is 25.0 Å². The number of benzene rings is 1. The van der Waals surface area contributed by atoms with Gasteiger partial charge in [-0.15, -0.1) is 11.3 Å². The number of nitrogens with one attached hydrogen (secondary N) is 2. The highest BCUT2D eigenvalue weighted by atomic mass is 35.5. The van der Waals surface area contributed by atoms with Crippen LogP contribution in [0.1, 0.15) is 26.6 Å². The van der Waals surface area contributed by atoms with E-state index in [-0.39, 0.29) is 5.91 Å². The highest BCUT2D eigenvalue weighted by Gasteiger charge is 2.20. The second-order valence-electron chi connectivity index (χ2n) is 6.74. The van der Waals surface area contributed by atoms with Crippen molar-refractivity contribution in [3.8, 4) is 11.3 Å². The van der Waals surface area contributed by atoms with E-state index in [4.69, 9.17) is 23.2 Å². The van der Waals surface area contributed by atoms with Gasteiger partial charge in [0, 0.05) is 39.5 Å². The number of amides is 1. The smallest absolute Gasteiger partial charge is 0.271 e. The van der Waals surface area contributed by atoms with Crippen LogP contribution in [0.5, 0.6) is 0 Å². The maximum absolute atomic E-state index is 12.7. The molecule has 0 aliphatic heterocycles. The van der Waals surface area contributed by atoms with Crippen LogP contribution >= 0.6 is 34.5 Å². The molecule has 4 rings (SSSR count). The van der Waals surface area contributed by atoms with Crippen LogP contribution in [0, 0.1) is 6.92 Å². The van der Waals surface area contributed by atoms with E-state index < -0.39 is 0 Å². The molecule has 0 aliphatic carbocycles. The summed E-state index contributed by atoms with van der Waals surface area (Å²) in [6.07, 6.45) is 1.70. The van der Waals surface area contributed by atoms with Gasteiger partial charge in [0.2, 0.25) is 5.78 Å². The number of hydrogen-bond donors (Lipinski definition) is 2. The molecule has 0 unspecified atom stereocenters. The molecule has 9 heteroatoms. The Morgan fingerprint density at radius 2 is 2.03 bits per heavy atom. The van der Waals surface area contributed by atoms with Crippen molar-refractivity contribution in [2.24, 2.45) is 0 Å². The van der Waals surface area contributed by atoms with Gasteiger partial charge in [-0.2, -0.15) is 0 Å². The monoisotopic (exact) mass is 459 g/mol. The van der Waals surface area contributed by atoms with E-state index in [1.807, 2.05) is 42.0 Å². The molecule has 3 heterocycles. The van der Waals surface area contributed by atoms with Gasteiger partial charge in [0.15, 0.2) is 0 Å². The standard InChI is InChI=1S/C21H19Cl2N5OS/c1-12-16(10-24-2)19(15-6-5-13(22)8-17(15)23)28-11-18(27-21(28)26-12)20(29)25-9-14-4-3-7-30-14/h3-8,11,24H,9-10H2,1-2H3,(H,25,29). The van der Waals surface area contributed by atoms with Crippen molar-refractivity contribution in [2.45, 2.75) is 20.0 Å². The largest absolute Gasteiger partial charge is 0.346 e. The highest BCUT2D eigenvalue weighted by Crippen LogP contribution is 2.34. The minimum absolute atomic E-state index is 0.255. The first-order valence-electron chi connectivity index (χ1n) is 9.27. The van der Waals surface area contributed by atoms with Gasteiger partial charge in [0.1, 0.15) is 5.69 Å². The lowest BCUT2D eigenvalue weighted by Crippen LogP contribution is -2.22. The fraction of sp³-hybridized carbons (Fsp3) is 0.190. The summed E-state index contributed by atoms with van der Waals surface area (Å²) in [7, 11) is 1.87. The minimum atomic E-state index is -0.255. The number of halogens is 2. The number of carbonyl (C=O) groups excluding carboxylic acids is 1. The summed E-state index contributed by atoms with van der Waals surface area (Å²) in [6.45, 7) is 2.96. The summed E-state index contributed by atoms with van der Waals surface area (Å²) in [4.78, 5) is 22.8. The topological polar surface area (TPSA) is 71.3 Å². The first-order valence-corrected chi connectivity index (χ1v) is 10.9. The number of fused-ring (bicyclic) bond motifs is 1. The molecular weight excluding hydrogens is 441 g/mol. The molecule has 6 nitrogen and oxygen atoms in total. The summed E-state index contributed by atoms with van der Waals surface area (Å²) >= 11 is 14.2. The van der Waals surface area contributed by atoms with E-state index in [0.717, 1.165) is 27.4 Å². The van der Waals surface area contributed by atoms with Crippen molar-refractivity contribution in [3.63, 3.8) is 0 Å². The first kappa shape index (κ1) is 20.8. The predicted octanol–water partition coefficient (Wildman–Crippen LogP) is 4.72. The number of thiophene rings is 1. The highest BCUT2D eigenvalue weighted by molar-refractivity contribution is 7.09. The van der Waals surface area contributed by atoms with E-state index in [1.54, 1.807) is 29.7 Å². The van der Waals surface area contributed by atoms with Crippen molar-refractivity contribution >= 4 is 46.2 Å². The fourth-order valence-corrected chi connectivity index (χ4v) is 4.43. The summed E-state index contributed by atoms with van der Waals surface area (Å²) < 4.78 is 1.81. The fourth-order valence-electron chi connectivity index (χ4n) is 3.29. The molecule has 4 aromatic rings. The predicted molar refractivity (Wildman–Crippen MR) is 121 cm³/mol. The Kier molecular flexibility index (Phi) is 6.06. The average Bonchev–Trinajstić information content (AvgIpc) is 3.37. The van der Waals surface area contributed by atoms with Crippen molar-refractivity contribution in [3.05, 3.63) is 73.8 Å². The molecule has 2 N–H and O–H groups in total. The van der Waals surface area contributed by atoms with E-state index in [9.17, 15) is 4.79 Å². The van der Waals surface area contributed by atoms with Gasteiger partial charge >= 0.3 is 0 Å². The molecule has 0 aliphatic rings. The maximum Gasteiger partial charge on any atom is 0.271 e. The molecule has 30 heavy (non-hydrogen) atoms. The molecule has 0 radical (unpaired) electrons. The number of carbonyl (C=O) groups is 1. The Morgan fingerprint density at radius 1 is 1.20 bits per heavy atom. The Balaban J connectivity index is 1.81. The number of hydrogen-bond acceptors (Lipinski definition) is 5. The Bertz CT molecular complexity index is 1220. The Labute approximate surface area is 187 Å². The number of nitrogens with zero attached hydrogens (tertiary/aromatic N) is 3. The molecule has 0 atom stereocenters. The van der Waals surface area contributed by atoms with Gasteiger partial charge in [-0.05, 0) is 43.6 Å². The van der Waals surface area contributed by atoms with Crippen LogP contribution in [0.4, 0.5) is 0 Å². The number of aromatic nitrogens is 3. The van der Waals surface area contributed by atoms with Crippen LogP contribution in [0.3, 0.4) is 0 Å². The lowest BCUT2D eigenvalue weighted by molar-refractivity contribution is 0.0947. The van der Waals surface area contributed by atoms with Gasteiger partial charge in [0.05, 0.1) is 17.3 Å². The number of rotatable bonds is 6. The van der Waals surface area contributed by atoms with Gasteiger partial charge in [-0.1, -0.05) is 29.3 Å². The Hall–Kier alpha value is -2.45. The minimum Gasteiger partial charge on any atom is -0.346 e. The van der Waals surface area contributed by atoms with Gasteiger partial charge in [-0.3, -0.25) is 9.20 Å². The zero-order chi connectivity index (χ0) is 21.3. The molecule has 1 amide bonds. The summed E-state index contributed by atoms with van der Waals surface area (Å²) in [5.74, 6) is 0.185. The second kappa shape index (κ2) is 8.73. The number of imidazole rings is 1. The van der Waals surface area contributed by atoms with Gasteiger partial charge in [-0.25, -0.2) is 9.97 Å². The lowest BCUT2D eigenvalue weighted by Gasteiger charge is -2.15. The average molecular weight is 460 g/mol. The van der Waals surface area contributed by atoms with Crippen molar-refractivity contribution in [1.29, 1.82) is 0 Å². The van der Waals surface area contributed by atoms with Crippen LogP contribution in [-0.4, -0.2) is 27.3 Å². The van der Waals surface area contributed by atoms with E-state index >= 15 is 0 Å². The van der Waals surface area contributed by atoms with Gasteiger partial charge < -0.3 is 10.6 Å². The molecule has 3 aromatic heterocycles. The Morgan fingerprint density at radius 3 is 2.73 bits per heavy atom. The van der Waals surface area contributed by atoms with Crippen LogP contribution < -0.4 is 10.6 Å². The summed E-state index contributed by atoms with van der Waals surface area (Å²) in [6, 6.07) is 9.29. The SMILES string of the molecule is CNCc1c(C)nc2nc(C(=O)NCc3cccs3)cn2c1-c1ccc(Cl)cc1Cl. The third-order valence-electron chi connectivity index (χ3n) is 4.69. The van der Waals surface area contributed by atoms with Crippen LogP contribution in [0.15, 0.2) is 41.9 Å². The molecule has 1 aromatic carbocycles. The molecular formula is C21H19Cl2N5OS. The summed E-state index contributed by atoms with van der Waals surface area (Å²) in [5.41, 5.74) is 3.71. The quantitative estimate of drug-likeness (QED) is 0.437. The van der Waals surface area contributed by atoms with Crippen LogP contribution in [0.25, 0.3) is 17.0 Å². The van der Waals surface area contributed by atoms with Crippen molar-refractivity contribution in [2.75, 3.05) is 7.05 Å². The zero-order valence-corrected chi connectivity index (χ0v) is 18.7. The molecule has 0 spiro atoms. The van der Waals surface area contributed by atoms with E-state index in [0.29, 0.717) is 34.6 Å².